The molecule has 0 atom stereocenters. The molecule has 0 saturated heterocycles. The molecule has 0 aliphatic heterocycles. The van der Waals surface area contributed by atoms with Gasteiger partial charge < -0.3 is 4.74 Å². The third-order valence-electron chi connectivity index (χ3n) is 1.14. The molecule has 0 aliphatic rings. The summed E-state index contributed by atoms with van der Waals surface area (Å²) in [4.78, 5) is 21.6. The minimum absolute atomic E-state index is 0.238. The van der Waals surface area contributed by atoms with Crippen molar-refractivity contribution in [3.05, 3.63) is 0 Å². The summed E-state index contributed by atoms with van der Waals surface area (Å²) in [6.45, 7) is 6.29. The van der Waals surface area contributed by atoms with Crippen molar-refractivity contribution in [2.45, 2.75) is 27.3 Å². The average Bonchev–Trinajstić information content (AvgIpc) is 1.87. The lowest BCUT2D eigenvalue weighted by atomic mass is 9.53. The summed E-state index contributed by atoms with van der Waals surface area (Å²) in [6, 6.07) is 0. The van der Waals surface area contributed by atoms with Crippen molar-refractivity contribution in [2.75, 3.05) is 0 Å². The van der Waals surface area contributed by atoms with Crippen LogP contribution < -0.4 is 0 Å². The predicted octanol–water partition coefficient (Wildman–Crippen LogP) is 1.92. The Hall–Kier alpha value is -0.730. The molecule has 0 amide bonds. The van der Waals surface area contributed by atoms with Crippen molar-refractivity contribution in [3.63, 3.8) is 0 Å². The smallest absolute Gasteiger partial charge is 0.272 e. The molecule has 0 unspecified atom stereocenters. The van der Waals surface area contributed by atoms with E-state index < -0.39 is 11.7 Å². The normalized spacial score (nSPS) is 8.73. The van der Waals surface area contributed by atoms with Gasteiger partial charge in [-0.25, -0.2) is 0 Å². The largest absolute Gasteiger partial charge is 0.410 e. The maximum Gasteiger partial charge on any atom is 0.272 e. The van der Waals surface area contributed by atoms with E-state index in [2.05, 4.69) is 4.74 Å². The van der Waals surface area contributed by atoms with Crippen LogP contribution in [0.2, 0.25) is 27.3 Å². The van der Waals surface area contributed by atoms with E-state index in [-0.39, 0.29) is 13.4 Å². The Kier molecular flexibility index (Phi) is 3.93. The highest BCUT2D eigenvalue weighted by Crippen LogP contribution is 1.94. The molecule has 5 heteroatoms. The molecule has 0 spiro atoms. The van der Waals surface area contributed by atoms with E-state index in [1.807, 2.05) is 0 Å². The Balaban J connectivity index is 3.86. The third kappa shape index (κ3) is 3.86. The number of ether oxygens (including phenoxy) is 1. The molecule has 0 radical (unpaired) electrons. The van der Waals surface area contributed by atoms with Crippen molar-refractivity contribution in [3.8, 4) is 0 Å². The lowest BCUT2D eigenvalue weighted by molar-refractivity contribution is 0.182. The van der Waals surface area contributed by atoms with E-state index in [1.165, 1.54) is 0 Å². The van der Waals surface area contributed by atoms with Gasteiger partial charge in [-0.1, -0.05) is 27.3 Å². The standard InChI is InChI=1S/C6H12B2O3/c1-7(2)5(9)11-6(10)8(3)4/h1-4H3. The lowest BCUT2D eigenvalue weighted by Crippen LogP contribution is -2.28. The van der Waals surface area contributed by atoms with Gasteiger partial charge in [0.05, 0.1) is 0 Å². The second kappa shape index (κ2) is 4.21. The first-order valence-electron chi connectivity index (χ1n) is 3.70. The summed E-state index contributed by atoms with van der Waals surface area (Å²) < 4.78 is 4.50. The first kappa shape index (κ1) is 10.3. The Morgan fingerprint density at radius 3 is 1.36 bits per heavy atom. The molecule has 60 valence electrons. The third-order valence-corrected chi connectivity index (χ3v) is 1.14. The highest BCUT2D eigenvalue weighted by Gasteiger charge is 2.20. The average molecular weight is 154 g/mol. The SMILES string of the molecule is CB(C)C(=O)OC(=O)B(C)C. The molecule has 3 nitrogen and oxygen atoms in total. The molecule has 0 aromatic heterocycles. The number of hydrogen-bond donors (Lipinski definition) is 0. The van der Waals surface area contributed by atoms with Crippen molar-refractivity contribution in [1.82, 2.24) is 0 Å². The molecule has 0 bridgehead atoms. The molecule has 0 fully saturated rings. The van der Waals surface area contributed by atoms with Gasteiger partial charge in [-0.2, -0.15) is 0 Å². The van der Waals surface area contributed by atoms with Crippen LogP contribution in [0.25, 0.3) is 0 Å². The van der Waals surface area contributed by atoms with Crippen LogP contribution in [0.15, 0.2) is 0 Å². The molecule has 0 saturated carbocycles. The fraction of sp³-hybridized carbons (Fsp3) is 0.667. The highest BCUT2D eigenvalue weighted by molar-refractivity contribution is 6.91. The molecule has 0 aliphatic carbocycles. The topological polar surface area (TPSA) is 43.4 Å². The zero-order chi connectivity index (χ0) is 9.02. The van der Waals surface area contributed by atoms with Gasteiger partial charge in [0.15, 0.2) is 0 Å². The summed E-state index contributed by atoms with van der Waals surface area (Å²) in [7, 11) is 0. The minimum atomic E-state index is -0.455. The van der Waals surface area contributed by atoms with E-state index in [1.54, 1.807) is 27.3 Å². The van der Waals surface area contributed by atoms with Crippen LogP contribution in [0.4, 0.5) is 9.59 Å². The lowest BCUT2D eigenvalue weighted by Gasteiger charge is -2.03. The van der Waals surface area contributed by atoms with Crippen LogP contribution >= 0.6 is 0 Å². The van der Waals surface area contributed by atoms with Gasteiger partial charge in [0, 0.05) is 0 Å². The molecule has 0 aromatic rings. The van der Waals surface area contributed by atoms with Crippen LogP contribution in [-0.4, -0.2) is 25.2 Å². The molecular formula is C6H12B2O3. The fourth-order valence-electron chi connectivity index (χ4n) is 0.335. The second-order valence-electron chi connectivity index (χ2n) is 3.05. The Morgan fingerprint density at radius 2 is 1.18 bits per heavy atom. The Bertz CT molecular complexity index is 147. The van der Waals surface area contributed by atoms with Crippen LogP contribution in [-0.2, 0) is 4.74 Å². The van der Waals surface area contributed by atoms with Crippen LogP contribution in [0.3, 0.4) is 0 Å². The van der Waals surface area contributed by atoms with E-state index in [0.717, 1.165) is 0 Å². The van der Waals surface area contributed by atoms with Gasteiger partial charge in [-0.05, 0) is 0 Å². The minimum Gasteiger partial charge on any atom is -0.410 e. The van der Waals surface area contributed by atoms with Gasteiger partial charge in [0.25, 0.3) is 25.2 Å². The van der Waals surface area contributed by atoms with Crippen molar-refractivity contribution in [1.29, 1.82) is 0 Å². The molecule has 0 rings (SSSR count). The quantitative estimate of drug-likeness (QED) is 0.450. The van der Waals surface area contributed by atoms with Crippen molar-refractivity contribution >= 4 is 25.2 Å². The summed E-state index contributed by atoms with van der Waals surface area (Å²) in [6.07, 6.45) is 0. The van der Waals surface area contributed by atoms with Crippen molar-refractivity contribution < 1.29 is 14.3 Å². The number of hydrogen-bond acceptors (Lipinski definition) is 3. The summed E-state index contributed by atoms with van der Waals surface area (Å²) in [5.41, 5.74) is 0. The monoisotopic (exact) mass is 154 g/mol. The zero-order valence-electron chi connectivity index (χ0n) is 7.38. The molecule has 0 aromatic carbocycles. The molecule has 11 heavy (non-hydrogen) atoms. The summed E-state index contributed by atoms with van der Waals surface area (Å²) in [5, 5.41) is 0. The Morgan fingerprint density at radius 1 is 0.909 bits per heavy atom. The molecule has 0 N–H and O–H groups in total. The van der Waals surface area contributed by atoms with Crippen LogP contribution in [0.5, 0.6) is 0 Å². The van der Waals surface area contributed by atoms with Crippen molar-refractivity contribution in [2.24, 2.45) is 0 Å². The highest BCUT2D eigenvalue weighted by atomic mass is 16.6. The van der Waals surface area contributed by atoms with E-state index >= 15 is 0 Å². The number of carbonyl (C=O) groups excluding carboxylic acids is 2. The molecule has 0 heterocycles. The second-order valence-corrected chi connectivity index (χ2v) is 3.05. The zero-order valence-corrected chi connectivity index (χ0v) is 7.38. The first-order chi connectivity index (χ1) is 4.95. The van der Waals surface area contributed by atoms with Gasteiger partial charge in [-0.3, -0.25) is 9.59 Å². The maximum atomic E-state index is 10.8. The van der Waals surface area contributed by atoms with Gasteiger partial charge in [0.2, 0.25) is 0 Å². The van der Waals surface area contributed by atoms with Gasteiger partial charge in [-0.15, -0.1) is 0 Å². The van der Waals surface area contributed by atoms with E-state index in [0.29, 0.717) is 0 Å². The van der Waals surface area contributed by atoms with Crippen LogP contribution in [0, 0.1) is 0 Å². The van der Waals surface area contributed by atoms with Gasteiger partial charge >= 0.3 is 0 Å². The summed E-state index contributed by atoms with van der Waals surface area (Å²) >= 11 is 0. The maximum absolute atomic E-state index is 10.8. The van der Waals surface area contributed by atoms with E-state index in [9.17, 15) is 9.59 Å². The summed E-state index contributed by atoms with van der Waals surface area (Å²) in [5.74, 6) is -0.910. The number of carbonyl (C=O) groups is 2. The van der Waals surface area contributed by atoms with Gasteiger partial charge in [0.1, 0.15) is 0 Å². The number of rotatable bonds is 2. The first-order valence-corrected chi connectivity index (χ1v) is 3.70. The fourth-order valence-corrected chi connectivity index (χ4v) is 0.335. The van der Waals surface area contributed by atoms with Crippen LogP contribution in [0.1, 0.15) is 0 Å². The molecular weight excluding hydrogens is 142 g/mol. The Labute approximate surface area is 67.6 Å². The van der Waals surface area contributed by atoms with E-state index in [4.69, 9.17) is 0 Å². The predicted molar refractivity (Wildman–Crippen MR) is 46.8 cm³/mol.